The largest absolute Gasteiger partial charge is 0.482 e. The summed E-state index contributed by atoms with van der Waals surface area (Å²) in [5, 5.41) is 11.1. The lowest BCUT2D eigenvalue weighted by Gasteiger charge is -2.10. The maximum absolute atomic E-state index is 11.1. The molecule has 2 aromatic carbocycles. The standard InChI is InChI=1S/C14H13BrN2O3/c1-9-5-11(15)7-13(17(18)19)14(9)20-8-10-3-2-4-12(16)6-10/h2-7H,8,16H2,1H3. The lowest BCUT2D eigenvalue weighted by atomic mass is 10.2. The van der Waals surface area contributed by atoms with Crippen molar-refractivity contribution in [1.29, 1.82) is 0 Å². The summed E-state index contributed by atoms with van der Waals surface area (Å²) in [5.41, 5.74) is 7.83. The summed E-state index contributed by atoms with van der Waals surface area (Å²) in [6, 6.07) is 10.4. The Morgan fingerprint density at radius 2 is 2.10 bits per heavy atom. The summed E-state index contributed by atoms with van der Waals surface area (Å²) in [7, 11) is 0. The van der Waals surface area contributed by atoms with E-state index in [-0.39, 0.29) is 18.0 Å². The lowest BCUT2D eigenvalue weighted by molar-refractivity contribution is -0.386. The molecule has 0 heterocycles. The average molecular weight is 337 g/mol. The number of aryl methyl sites for hydroxylation is 1. The number of halogens is 1. The van der Waals surface area contributed by atoms with Crippen LogP contribution in [0, 0.1) is 17.0 Å². The average Bonchev–Trinajstić information content (AvgIpc) is 2.36. The molecule has 0 saturated carbocycles. The highest BCUT2D eigenvalue weighted by atomic mass is 79.9. The molecule has 5 nitrogen and oxygen atoms in total. The molecule has 104 valence electrons. The Labute approximate surface area is 124 Å². The van der Waals surface area contributed by atoms with Gasteiger partial charge in [-0.1, -0.05) is 28.1 Å². The highest BCUT2D eigenvalue weighted by Gasteiger charge is 2.19. The molecule has 20 heavy (non-hydrogen) atoms. The van der Waals surface area contributed by atoms with Crippen molar-refractivity contribution in [2.45, 2.75) is 13.5 Å². The molecule has 2 aromatic rings. The molecule has 0 spiro atoms. The van der Waals surface area contributed by atoms with Crippen molar-refractivity contribution < 1.29 is 9.66 Å². The Balaban J connectivity index is 2.27. The minimum Gasteiger partial charge on any atom is -0.482 e. The first-order chi connectivity index (χ1) is 9.47. The van der Waals surface area contributed by atoms with E-state index in [9.17, 15) is 10.1 Å². The topological polar surface area (TPSA) is 78.4 Å². The predicted octanol–water partition coefficient (Wildman–Crippen LogP) is 3.83. The third-order valence-corrected chi connectivity index (χ3v) is 3.21. The van der Waals surface area contributed by atoms with Crippen molar-refractivity contribution in [3.8, 4) is 5.75 Å². The van der Waals surface area contributed by atoms with E-state index >= 15 is 0 Å². The van der Waals surface area contributed by atoms with Gasteiger partial charge in [-0.2, -0.15) is 0 Å². The minimum atomic E-state index is -0.452. The van der Waals surface area contributed by atoms with Crippen LogP contribution in [0.4, 0.5) is 11.4 Å². The second-order valence-electron chi connectivity index (χ2n) is 4.36. The van der Waals surface area contributed by atoms with Gasteiger partial charge in [-0.3, -0.25) is 10.1 Å². The molecule has 0 aromatic heterocycles. The van der Waals surface area contributed by atoms with E-state index in [1.54, 1.807) is 25.1 Å². The Bertz CT molecular complexity index is 659. The van der Waals surface area contributed by atoms with Crippen molar-refractivity contribution in [3.05, 3.63) is 62.1 Å². The quantitative estimate of drug-likeness (QED) is 0.522. The van der Waals surface area contributed by atoms with E-state index in [0.29, 0.717) is 15.7 Å². The molecule has 2 N–H and O–H groups in total. The third kappa shape index (κ3) is 3.27. The zero-order chi connectivity index (χ0) is 14.7. The van der Waals surface area contributed by atoms with Crippen LogP contribution in [0.1, 0.15) is 11.1 Å². The number of hydrogen-bond acceptors (Lipinski definition) is 4. The van der Waals surface area contributed by atoms with Crippen molar-refractivity contribution in [2.75, 3.05) is 5.73 Å². The molecule has 0 saturated heterocycles. The van der Waals surface area contributed by atoms with Crippen LogP contribution in [0.25, 0.3) is 0 Å². The molecule has 0 aliphatic heterocycles. The van der Waals surface area contributed by atoms with E-state index in [0.717, 1.165) is 5.56 Å². The number of nitro benzene ring substituents is 1. The Kier molecular flexibility index (Phi) is 4.24. The number of rotatable bonds is 4. The van der Waals surface area contributed by atoms with Crippen LogP contribution in [0.3, 0.4) is 0 Å². The van der Waals surface area contributed by atoms with Crippen LogP contribution >= 0.6 is 15.9 Å². The van der Waals surface area contributed by atoms with Gasteiger partial charge in [0.1, 0.15) is 6.61 Å². The molecule has 0 aliphatic rings. The number of nitrogens with two attached hydrogens (primary N) is 1. The number of ether oxygens (including phenoxy) is 1. The fourth-order valence-electron chi connectivity index (χ4n) is 1.87. The van der Waals surface area contributed by atoms with E-state index in [1.807, 2.05) is 12.1 Å². The van der Waals surface area contributed by atoms with Gasteiger partial charge in [-0.05, 0) is 36.2 Å². The first kappa shape index (κ1) is 14.3. The molecule has 0 atom stereocenters. The molecule has 0 fully saturated rings. The van der Waals surface area contributed by atoms with E-state index in [2.05, 4.69) is 15.9 Å². The van der Waals surface area contributed by atoms with Gasteiger partial charge in [0.25, 0.3) is 0 Å². The highest BCUT2D eigenvalue weighted by molar-refractivity contribution is 9.10. The summed E-state index contributed by atoms with van der Waals surface area (Å²) < 4.78 is 6.26. The number of anilines is 1. The van der Waals surface area contributed by atoms with E-state index in [1.165, 1.54) is 6.07 Å². The summed E-state index contributed by atoms with van der Waals surface area (Å²) in [5.74, 6) is 0.278. The zero-order valence-electron chi connectivity index (χ0n) is 10.8. The molecule has 6 heteroatoms. The van der Waals surface area contributed by atoms with Crippen LogP contribution in [-0.2, 0) is 6.61 Å². The van der Waals surface area contributed by atoms with E-state index < -0.39 is 4.92 Å². The number of nitrogens with zero attached hydrogens (tertiary/aromatic N) is 1. The Hall–Kier alpha value is -2.08. The fourth-order valence-corrected chi connectivity index (χ4v) is 2.43. The number of benzene rings is 2. The smallest absolute Gasteiger partial charge is 0.312 e. The maximum Gasteiger partial charge on any atom is 0.312 e. The first-order valence-electron chi connectivity index (χ1n) is 5.89. The van der Waals surface area contributed by atoms with Gasteiger partial charge < -0.3 is 10.5 Å². The summed E-state index contributed by atoms with van der Waals surface area (Å²) in [4.78, 5) is 10.6. The molecule has 2 rings (SSSR count). The Morgan fingerprint density at radius 3 is 2.75 bits per heavy atom. The number of hydrogen-bond donors (Lipinski definition) is 1. The molecule has 0 unspecified atom stereocenters. The van der Waals surface area contributed by atoms with Crippen molar-refractivity contribution in [1.82, 2.24) is 0 Å². The maximum atomic E-state index is 11.1. The van der Waals surface area contributed by atoms with Gasteiger partial charge in [0.2, 0.25) is 0 Å². The van der Waals surface area contributed by atoms with Crippen molar-refractivity contribution >= 4 is 27.3 Å². The first-order valence-corrected chi connectivity index (χ1v) is 6.68. The van der Waals surface area contributed by atoms with Crippen molar-refractivity contribution in [2.24, 2.45) is 0 Å². The van der Waals surface area contributed by atoms with Gasteiger partial charge in [-0.25, -0.2) is 0 Å². The zero-order valence-corrected chi connectivity index (χ0v) is 12.4. The molecular formula is C14H13BrN2O3. The predicted molar refractivity (Wildman–Crippen MR) is 80.7 cm³/mol. The van der Waals surface area contributed by atoms with E-state index in [4.69, 9.17) is 10.5 Å². The van der Waals surface area contributed by atoms with Crippen molar-refractivity contribution in [3.63, 3.8) is 0 Å². The SMILES string of the molecule is Cc1cc(Br)cc([N+](=O)[O-])c1OCc1cccc(N)c1. The molecule has 0 bridgehead atoms. The van der Waals surface area contributed by atoms with Crippen LogP contribution in [0.2, 0.25) is 0 Å². The normalized spacial score (nSPS) is 10.3. The molecule has 0 amide bonds. The third-order valence-electron chi connectivity index (χ3n) is 2.75. The number of nitrogen functional groups attached to an aromatic ring is 1. The summed E-state index contributed by atoms with van der Waals surface area (Å²) >= 11 is 3.24. The molecular weight excluding hydrogens is 324 g/mol. The van der Waals surface area contributed by atoms with Gasteiger partial charge in [0.15, 0.2) is 5.75 Å². The lowest BCUT2D eigenvalue weighted by Crippen LogP contribution is -2.01. The minimum absolute atomic E-state index is 0.0548. The summed E-state index contributed by atoms with van der Waals surface area (Å²) in [6.45, 7) is 2.00. The van der Waals surface area contributed by atoms with Crippen LogP contribution in [0.15, 0.2) is 40.9 Å². The Morgan fingerprint density at radius 1 is 1.35 bits per heavy atom. The number of nitro groups is 1. The second-order valence-corrected chi connectivity index (χ2v) is 5.28. The molecule has 0 radical (unpaired) electrons. The summed E-state index contributed by atoms with van der Waals surface area (Å²) in [6.07, 6.45) is 0. The van der Waals surface area contributed by atoms with Gasteiger partial charge in [0.05, 0.1) is 4.92 Å². The van der Waals surface area contributed by atoms with Gasteiger partial charge in [0, 0.05) is 16.2 Å². The van der Waals surface area contributed by atoms with Gasteiger partial charge >= 0.3 is 5.69 Å². The fraction of sp³-hybridized carbons (Fsp3) is 0.143. The molecule has 0 aliphatic carbocycles. The highest BCUT2D eigenvalue weighted by Crippen LogP contribution is 2.34. The van der Waals surface area contributed by atoms with Crippen LogP contribution < -0.4 is 10.5 Å². The monoisotopic (exact) mass is 336 g/mol. The van der Waals surface area contributed by atoms with Crippen LogP contribution in [-0.4, -0.2) is 4.92 Å². The van der Waals surface area contributed by atoms with Crippen LogP contribution in [0.5, 0.6) is 5.75 Å². The second kappa shape index (κ2) is 5.92. The van der Waals surface area contributed by atoms with Gasteiger partial charge in [-0.15, -0.1) is 0 Å².